The van der Waals surface area contributed by atoms with Gasteiger partial charge in [-0.1, -0.05) is 6.07 Å². The van der Waals surface area contributed by atoms with Crippen LogP contribution >= 0.6 is 0 Å². The predicted octanol–water partition coefficient (Wildman–Crippen LogP) is 2.23. The Balaban J connectivity index is 1.62. The first-order valence-corrected chi connectivity index (χ1v) is 9.84. The standard InChI is InChI=1S/C21H30N2O4/c1-23(14-16-5-10-27-11-6-16)9-8-21(15-24)7-4-17-2-3-18(20(25)22-26)12-19(17)13-21/h2-3,12,15-16,26H,4-11,13-14H2,1H3,(H,22,25)/t21-/m0/s1. The summed E-state index contributed by atoms with van der Waals surface area (Å²) in [6.07, 6.45) is 6.53. The fourth-order valence-corrected chi connectivity index (χ4v) is 4.34. The third-order valence-electron chi connectivity index (χ3n) is 6.16. The van der Waals surface area contributed by atoms with Gasteiger partial charge in [-0.05, 0) is 81.3 Å². The molecule has 1 aromatic rings. The van der Waals surface area contributed by atoms with E-state index < -0.39 is 5.91 Å². The molecule has 1 atom stereocenters. The van der Waals surface area contributed by atoms with E-state index in [1.54, 1.807) is 11.5 Å². The van der Waals surface area contributed by atoms with Crippen LogP contribution in [0.25, 0.3) is 0 Å². The lowest BCUT2D eigenvalue weighted by molar-refractivity contribution is -0.117. The third-order valence-corrected chi connectivity index (χ3v) is 6.16. The molecule has 0 saturated carbocycles. The highest BCUT2D eigenvalue weighted by molar-refractivity contribution is 5.93. The number of aryl methyl sites for hydroxylation is 1. The minimum absolute atomic E-state index is 0.370. The normalized spacial score (nSPS) is 23.1. The zero-order valence-corrected chi connectivity index (χ0v) is 16.1. The highest BCUT2D eigenvalue weighted by Crippen LogP contribution is 2.37. The molecule has 1 aliphatic carbocycles. The minimum Gasteiger partial charge on any atom is -0.381 e. The van der Waals surface area contributed by atoms with Gasteiger partial charge in [0.1, 0.15) is 6.29 Å². The Morgan fingerprint density at radius 2 is 2.15 bits per heavy atom. The molecule has 1 fully saturated rings. The van der Waals surface area contributed by atoms with Gasteiger partial charge >= 0.3 is 0 Å². The average Bonchev–Trinajstić information content (AvgIpc) is 2.71. The maximum absolute atomic E-state index is 12.0. The van der Waals surface area contributed by atoms with Crippen LogP contribution in [0.4, 0.5) is 0 Å². The topological polar surface area (TPSA) is 78.9 Å². The van der Waals surface area contributed by atoms with Gasteiger partial charge in [-0.3, -0.25) is 10.0 Å². The van der Waals surface area contributed by atoms with E-state index >= 15 is 0 Å². The number of fused-ring (bicyclic) bond motifs is 1. The molecule has 1 aliphatic heterocycles. The summed E-state index contributed by atoms with van der Waals surface area (Å²) in [5, 5.41) is 8.85. The van der Waals surface area contributed by atoms with E-state index in [-0.39, 0.29) is 5.41 Å². The minimum atomic E-state index is -0.517. The second kappa shape index (κ2) is 8.95. The van der Waals surface area contributed by atoms with Gasteiger partial charge in [0.15, 0.2) is 0 Å². The van der Waals surface area contributed by atoms with E-state index in [4.69, 9.17) is 9.94 Å². The number of hydrogen-bond acceptors (Lipinski definition) is 5. The fourth-order valence-electron chi connectivity index (χ4n) is 4.34. The number of carbonyl (C=O) groups excluding carboxylic acids is 2. The van der Waals surface area contributed by atoms with Crippen LogP contribution in [0.2, 0.25) is 0 Å². The van der Waals surface area contributed by atoms with Gasteiger partial charge in [0, 0.05) is 30.7 Å². The number of nitrogens with zero attached hydrogens (tertiary/aromatic N) is 1. The number of ether oxygens (including phenoxy) is 1. The number of carbonyl (C=O) groups is 2. The molecule has 2 N–H and O–H groups in total. The van der Waals surface area contributed by atoms with Gasteiger partial charge in [0.05, 0.1) is 0 Å². The van der Waals surface area contributed by atoms with Gasteiger partial charge in [-0.15, -0.1) is 0 Å². The lowest BCUT2D eigenvalue weighted by atomic mass is 9.70. The molecule has 2 aliphatic rings. The molecule has 27 heavy (non-hydrogen) atoms. The predicted molar refractivity (Wildman–Crippen MR) is 102 cm³/mol. The Hall–Kier alpha value is -1.76. The maximum Gasteiger partial charge on any atom is 0.274 e. The summed E-state index contributed by atoms with van der Waals surface area (Å²) in [6, 6.07) is 5.47. The average molecular weight is 374 g/mol. The molecule has 1 amide bonds. The summed E-state index contributed by atoms with van der Waals surface area (Å²) >= 11 is 0. The van der Waals surface area contributed by atoms with Gasteiger partial charge in [-0.25, -0.2) is 5.48 Å². The van der Waals surface area contributed by atoms with Gasteiger partial charge < -0.3 is 14.4 Å². The molecule has 1 aromatic carbocycles. The van der Waals surface area contributed by atoms with Crippen molar-refractivity contribution >= 4 is 12.2 Å². The van der Waals surface area contributed by atoms with Gasteiger partial charge in [-0.2, -0.15) is 0 Å². The number of benzene rings is 1. The Bertz CT molecular complexity index is 672. The van der Waals surface area contributed by atoms with E-state index in [1.807, 2.05) is 12.1 Å². The van der Waals surface area contributed by atoms with E-state index in [1.165, 1.54) is 5.56 Å². The van der Waals surface area contributed by atoms with Crippen LogP contribution in [0.15, 0.2) is 18.2 Å². The summed E-state index contributed by atoms with van der Waals surface area (Å²) in [5.41, 5.74) is 3.97. The SMILES string of the molecule is CN(CC[C@@]1(C=O)CCc2ccc(C(=O)NO)cc2C1)CC1CCOCC1. The van der Waals surface area contributed by atoms with Crippen LogP contribution in [0.1, 0.15) is 47.2 Å². The number of nitrogens with one attached hydrogen (secondary N) is 1. The van der Waals surface area contributed by atoms with Crippen molar-refractivity contribution in [3.05, 3.63) is 34.9 Å². The second-order valence-electron chi connectivity index (χ2n) is 8.15. The molecule has 1 saturated heterocycles. The van der Waals surface area contributed by atoms with E-state index in [0.717, 1.165) is 70.3 Å². The molecule has 3 rings (SSSR count). The van der Waals surface area contributed by atoms with Crippen molar-refractivity contribution in [2.24, 2.45) is 11.3 Å². The van der Waals surface area contributed by atoms with Crippen LogP contribution in [0, 0.1) is 11.3 Å². The van der Waals surface area contributed by atoms with E-state index in [0.29, 0.717) is 17.9 Å². The first-order valence-electron chi connectivity index (χ1n) is 9.84. The quantitative estimate of drug-likeness (QED) is 0.435. The molecule has 0 aromatic heterocycles. The number of hydrogen-bond donors (Lipinski definition) is 2. The first kappa shape index (κ1) is 20.0. The first-order chi connectivity index (χ1) is 13.0. The van der Waals surface area contributed by atoms with Crippen LogP contribution in [0.3, 0.4) is 0 Å². The number of rotatable bonds is 7. The third kappa shape index (κ3) is 4.94. The van der Waals surface area contributed by atoms with Gasteiger partial charge in [0.2, 0.25) is 0 Å². The van der Waals surface area contributed by atoms with Crippen molar-refractivity contribution < 1.29 is 19.5 Å². The van der Waals surface area contributed by atoms with E-state index in [9.17, 15) is 9.59 Å². The highest BCUT2D eigenvalue weighted by Gasteiger charge is 2.34. The summed E-state index contributed by atoms with van der Waals surface area (Å²) in [5.74, 6) is 0.166. The van der Waals surface area contributed by atoms with Crippen LogP contribution in [-0.2, 0) is 22.4 Å². The molecule has 0 radical (unpaired) electrons. The van der Waals surface area contributed by atoms with Crippen molar-refractivity contribution in [3.63, 3.8) is 0 Å². The molecule has 0 unspecified atom stereocenters. The van der Waals surface area contributed by atoms with Crippen molar-refractivity contribution in [2.45, 2.75) is 38.5 Å². The smallest absolute Gasteiger partial charge is 0.274 e. The molecule has 0 bridgehead atoms. The van der Waals surface area contributed by atoms with Crippen molar-refractivity contribution in [2.75, 3.05) is 33.4 Å². The molecule has 1 heterocycles. The zero-order chi connectivity index (χ0) is 19.3. The Morgan fingerprint density at radius 1 is 1.37 bits per heavy atom. The van der Waals surface area contributed by atoms with Crippen molar-refractivity contribution in [1.82, 2.24) is 10.4 Å². The zero-order valence-electron chi connectivity index (χ0n) is 16.1. The summed E-state index contributed by atoms with van der Waals surface area (Å²) < 4.78 is 5.43. The largest absolute Gasteiger partial charge is 0.381 e. The lowest BCUT2D eigenvalue weighted by Gasteiger charge is -2.35. The van der Waals surface area contributed by atoms with E-state index in [2.05, 4.69) is 11.9 Å². The van der Waals surface area contributed by atoms with Crippen molar-refractivity contribution in [1.29, 1.82) is 0 Å². The molecular formula is C21H30N2O4. The van der Waals surface area contributed by atoms with Crippen molar-refractivity contribution in [3.8, 4) is 0 Å². The summed E-state index contributed by atoms with van der Waals surface area (Å²) in [4.78, 5) is 26.0. The summed E-state index contributed by atoms with van der Waals surface area (Å²) in [6.45, 7) is 3.66. The number of aldehydes is 1. The second-order valence-corrected chi connectivity index (χ2v) is 8.15. The molecule has 148 valence electrons. The lowest BCUT2D eigenvalue weighted by Crippen LogP contribution is -2.37. The fraction of sp³-hybridized carbons (Fsp3) is 0.619. The Kier molecular flexibility index (Phi) is 6.63. The van der Waals surface area contributed by atoms with Crippen LogP contribution < -0.4 is 5.48 Å². The van der Waals surface area contributed by atoms with Gasteiger partial charge in [0.25, 0.3) is 5.91 Å². The highest BCUT2D eigenvalue weighted by atomic mass is 16.5. The molecule has 6 nitrogen and oxygen atoms in total. The Morgan fingerprint density at radius 3 is 2.85 bits per heavy atom. The van der Waals surface area contributed by atoms with Crippen LogP contribution in [0.5, 0.6) is 0 Å². The number of hydroxylamine groups is 1. The molecule has 6 heteroatoms. The molecular weight excluding hydrogens is 344 g/mol. The molecule has 0 spiro atoms. The van der Waals surface area contributed by atoms with Crippen LogP contribution in [-0.4, -0.2) is 55.7 Å². The monoisotopic (exact) mass is 374 g/mol. The Labute approximate surface area is 160 Å². The summed E-state index contributed by atoms with van der Waals surface area (Å²) in [7, 11) is 2.13. The number of amides is 1. The maximum atomic E-state index is 12.0.